The topological polar surface area (TPSA) is 26.3 Å². The Morgan fingerprint density at radius 1 is 1.00 bits per heavy atom. The van der Waals surface area contributed by atoms with E-state index < -0.39 is 8.07 Å². The second kappa shape index (κ2) is 10.9. The zero-order valence-corrected chi connectivity index (χ0v) is 15.0. The van der Waals surface area contributed by atoms with Crippen LogP contribution in [0.4, 0.5) is 0 Å². The molecule has 0 unspecified atom stereocenters. The summed E-state index contributed by atoms with van der Waals surface area (Å²) in [4.78, 5) is 11.5. The molecule has 0 aromatic rings. The highest BCUT2D eigenvalue weighted by Gasteiger charge is 2.24. The second-order valence-corrected chi connectivity index (χ2v) is 10.5. The summed E-state index contributed by atoms with van der Waals surface area (Å²) in [6.07, 6.45) is 7.01. The molecule has 0 bridgehead atoms. The van der Waals surface area contributed by atoms with Crippen molar-refractivity contribution >= 4 is 14.0 Å². The van der Waals surface area contributed by atoms with Gasteiger partial charge in [-0.2, -0.15) is 0 Å². The molecule has 0 aliphatic heterocycles. The molecular formula is C17H32O2Si. The molecular weight excluding hydrogens is 264 g/mol. The number of hydrogen-bond acceptors (Lipinski definition) is 2. The van der Waals surface area contributed by atoms with Gasteiger partial charge in [-0.25, -0.2) is 4.79 Å². The van der Waals surface area contributed by atoms with E-state index in [0.29, 0.717) is 6.61 Å². The van der Waals surface area contributed by atoms with Crippen LogP contribution in [0.25, 0.3) is 0 Å². The maximum Gasteiger partial charge on any atom is 0.330 e. The van der Waals surface area contributed by atoms with E-state index in [1.807, 2.05) is 13.0 Å². The Bertz CT molecular complexity index is 320. The fraction of sp³-hybridized carbons (Fsp3) is 0.706. The van der Waals surface area contributed by atoms with Gasteiger partial charge in [-0.05, 0) is 19.8 Å². The lowest BCUT2D eigenvalue weighted by Gasteiger charge is -2.25. The number of ether oxygens (including phenoxy) is 1. The van der Waals surface area contributed by atoms with Crippen molar-refractivity contribution in [3.8, 4) is 0 Å². The quantitative estimate of drug-likeness (QED) is 0.237. The lowest BCUT2D eigenvalue weighted by molar-refractivity contribution is -0.137. The predicted molar refractivity (Wildman–Crippen MR) is 90.6 cm³/mol. The zero-order chi connectivity index (χ0) is 15.4. The largest absolute Gasteiger partial charge is 0.463 e. The number of unbranched alkanes of at least 4 members (excludes halogenated alkanes) is 1. The molecule has 0 saturated heterocycles. The fourth-order valence-corrected chi connectivity index (χ4v) is 5.54. The van der Waals surface area contributed by atoms with E-state index in [0.717, 1.165) is 6.42 Å². The normalized spacial score (nSPS) is 12.9. The first-order chi connectivity index (χ1) is 9.57. The van der Waals surface area contributed by atoms with Crippen LogP contribution in [0.15, 0.2) is 23.4 Å². The summed E-state index contributed by atoms with van der Waals surface area (Å²) >= 11 is 0. The van der Waals surface area contributed by atoms with Crippen LogP contribution in [-0.2, 0) is 9.53 Å². The van der Waals surface area contributed by atoms with E-state index in [-0.39, 0.29) is 5.97 Å². The maximum absolute atomic E-state index is 11.5. The summed E-state index contributed by atoms with van der Waals surface area (Å²) in [5.41, 5.74) is 3.86. The standard InChI is InChI=1S/C17H32O2Si/c1-6-11-12-16(13-14-17(18)19-7-2)15-20(8-3,9-4)10-5/h13-15H,6-12H2,1-5H3/b14-13+,16-15+. The smallest absolute Gasteiger partial charge is 0.330 e. The molecule has 0 spiro atoms. The van der Waals surface area contributed by atoms with Crippen molar-refractivity contribution in [1.29, 1.82) is 0 Å². The number of hydrogen-bond donors (Lipinski definition) is 0. The predicted octanol–water partition coefficient (Wildman–Crippen LogP) is 5.27. The Balaban J connectivity index is 5.07. The minimum absolute atomic E-state index is 0.230. The number of carbonyl (C=O) groups excluding carboxylic acids is 1. The lowest BCUT2D eigenvalue weighted by Crippen LogP contribution is -2.29. The van der Waals surface area contributed by atoms with Crippen LogP contribution in [0.1, 0.15) is 53.9 Å². The number of carbonyl (C=O) groups is 1. The van der Waals surface area contributed by atoms with Crippen molar-refractivity contribution in [3.05, 3.63) is 23.4 Å². The maximum atomic E-state index is 11.5. The van der Waals surface area contributed by atoms with Crippen LogP contribution in [0.5, 0.6) is 0 Å². The molecule has 0 aliphatic rings. The first-order valence-electron chi connectivity index (χ1n) is 8.13. The third-order valence-electron chi connectivity index (χ3n) is 4.14. The molecule has 0 rings (SSSR count). The second-order valence-electron chi connectivity index (χ2n) is 5.33. The van der Waals surface area contributed by atoms with Crippen LogP contribution in [0, 0.1) is 0 Å². The van der Waals surface area contributed by atoms with Crippen LogP contribution < -0.4 is 0 Å². The Morgan fingerprint density at radius 2 is 1.60 bits per heavy atom. The van der Waals surface area contributed by atoms with Gasteiger partial charge in [0, 0.05) is 6.08 Å². The van der Waals surface area contributed by atoms with Gasteiger partial charge in [0.05, 0.1) is 14.7 Å². The number of allylic oxidation sites excluding steroid dienone is 2. The molecule has 116 valence electrons. The van der Waals surface area contributed by atoms with Gasteiger partial charge in [0.1, 0.15) is 0 Å². The van der Waals surface area contributed by atoms with Gasteiger partial charge in [-0.15, -0.1) is 0 Å². The molecule has 0 fully saturated rings. The monoisotopic (exact) mass is 296 g/mol. The number of esters is 1. The van der Waals surface area contributed by atoms with Gasteiger partial charge in [-0.1, -0.05) is 69.6 Å². The highest BCUT2D eigenvalue weighted by atomic mass is 28.3. The van der Waals surface area contributed by atoms with Crippen LogP contribution in [0.3, 0.4) is 0 Å². The van der Waals surface area contributed by atoms with Gasteiger partial charge in [0.25, 0.3) is 0 Å². The summed E-state index contributed by atoms with van der Waals surface area (Å²) in [5.74, 6) is -0.230. The average Bonchev–Trinajstić information content (AvgIpc) is 2.47. The van der Waals surface area contributed by atoms with Gasteiger partial charge in [-0.3, -0.25) is 0 Å². The Labute approximate surface area is 126 Å². The van der Waals surface area contributed by atoms with Crippen LogP contribution in [0.2, 0.25) is 18.1 Å². The SMILES string of the molecule is CCCCC(/C=C/C(=O)OCC)=C\[Si](CC)(CC)CC. The molecule has 0 saturated carbocycles. The molecule has 0 aromatic carbocycles. The van der Waals surface area contributed by atoms with Gasteiger partial charge < -0.3 is 4.74 Å². The zero-order valence-electron chi connectivity index (χ0n) is 14.0. The molecule has 0 aromatic heterocycles. The summed E-state index contributed by atoms with van der Waals surface area (Å²) in [6, 6.07) is 3.84. The van der Waals surface area contributed by atoms with Gasteiger partial charge in [0.15, 0.2) is 0 Å². The minimum atomic E-state index is -1.29. The highest BCUT2D eigenvalue weighted by Crippen LogP contribution is 2.25. The molecule has 0 N–H and O–H groups in total. The van der Waals surface area contributed by atoms with Crippen molar-refractivity contribution in [1.82, 2.24) is 0 Å². The van der Waals surface area contributed by atoms with Gasteiger partial charge >= 0.3 is 5.97 Å². The molecule has 0 amide bonds. The molecule has 0 atom stereocenters. The molecule has 0 aliphatic carbocycles. The molecule has 0 heterocycles. The summed E-state index contributed by atoms with van der Waals surface area (Å²) in [7, 11) is -1.29. The summed E-state index contributed by atoms with van der Waals surface area (Å²) in [6.45, 7) is 11.4. The van der Waals surface area contributed by atoms with E-state index in [1.165, 1.54) is 36.5 Å². The van der Waals surface area contributed by atoms with E-state index in [1.54, 1.807) is 6.08 Å². The van der Waals surface area contributed by atoms with Crippen molar-refractivity contribution in [2.24, 2.45) is 0 Å². The van der Waals surface area contributed by atoms with Crippen molar-refractivity contribution < 1.29 is 9.53 Å². The number of rotatable bonds is 10. The van der Waals surface area contributed by atoms with Crippen molar-refractivity contribution in [2.45, 2.75) is 72.0 Å². The van der Waals surface area contributed by atoms with E-state index in [4.69, 9.17) is 4.74 Å². The minimum Gasteiger partial charge on any atom is -0.463 e. The van der Waals surface area contributed by atoms with Crippen molar-refractivity contribution in [2.75, 3.05) is 6.61 Å². The van der Waals surface area contributed by atoms with E-state index >= 15 is 0 Å². The summed E-state index contributed by atoms with van der Waals surface area (Å²) in [5, 5.41) is 0. The molecule has 2 nitrogen and oxygen atoms in total. The van der Waals surface area contributed by atoms with Crippen molar-refractivity contribution in [3.63, 3.8) is 0 Å². The first-order valence-corrected chi connectivity index (χ1v) is 10.8. The Hall–Kier alpha value is -0.833. The molecule has 3 heteroatoms. The van der Waals surface area contributed by atoms with E-state index in [9.17, 15) is 4.79 Å². The fourth-order valence-electron chi connectivity index (χ4n) is 2.40. The first kappa shape index (κ1) is 19.2. The Morgan fingerprint density at radius 3 is 2.05 bits per heavy atom. The van der Waals surface area contributed by atoms with Crippen LogP contribution >= 0.6 is 0 Å². The Kier molecular flexibility index (Phi) is 10.4. The average molecular weight is 297 g/mol. The highest BCUT2D eigenvalue weighted by molar-refractivity contribution is 6.84. The van der Waals surface area contributed by atoms with Gasteiger partial charge in [0.2, 0.25) is 0 Å². The van der Waals surface area contributed by atoms with Crippen LogP contribution in [-0.4, -0.2) is 20.7 Å². The molecule has 0 radical (unpaired) electrons. The third kappa shape index (κ3) is 7.08. The lowest BCUT2D eigenvalue weighted by atomic mass is 10.1. The molecule has 20 heavy (non-hydrogen) atoms. The van der Waals surface area contributed by atoms with E-state index in [2.05, 4.69) is 33.4 Å². The third-order valence-corrected chi connectivity index (χ3v) is 9.35. The summed E-state index contributed by atoms with van der Waals surface area (Å²) < 4.78 is 4.96.